The first-order valence-corrected chi connectivity index (χ1v) is 4.00. The maximum absolute atomic E-state index is 5.46. The summed E-state index contributed by atoms with van der Waals surface area (Å²) in [6.45, 7) is 3.89. The minimum Gasteiger partial charge on any atom is -0.385 e. The van der Waals surface area contributed by atoms with Crippen molar-refractivity contribution in [1.29, 1.82) is 0 Å². The molecule has 0 saturated carbocycles. The highest BCUT2D eigenvalue weighted by Gasteiger charge is 1.96. The topological polar surface area (TPSA) is 35.2 Å². The molecule has 0 aliphatic rings. The van der Waals surface area contributed by atoms with Crippen molar-refractivity contribution in [2.24, 2.45) is 11.7 Å². The first-order valence-electron chi connectivity index (χ1n) is 4.00. The number of methoxy groups -OCH3 is 1. The molecule has 0 radical (unpaired) electrons. The largest absolute Gasteiger partial charge is 0.385 e. The molecule has 0 bridgehead atoms. The molecule has 1 unspecified atom stereocenters. The van der Waals surface area contributed by atoms with E-state index in [0.717, 1.165) is 13.2 Å². The maximum Gasteiger partial charge on any atom is 0.0462 e. The van der Waals surface area contributed by atoms with E-state index in [1.54, 1.807) is 7.11 Å². The molecular formula is C8H19NO. The molecular weight excluding hydrogens is 126 g/mol. The molecule has 0 aliphatic carbocycles. The third-order valence-electron chi connectivity index (χ3n) is 1.70. The van der Waals surface area contributed by atoms with Crippen LogP contribution in [0.25, 0.3) is 0 Å². The number of ether oxygens (including phenoxy) is 1. The van der Waals surface area contributed by atoms with Crippen LogP contribution in [0.4, 0.5) is 0 Å². The summed E-state index contributed by atoms with van der Waals surface area (Å²) >= 11 is 0. The van der Waals surface area contributed by atoms with Crippen LogP contribution in [0, 0.1) is 5.92 Å². The first kappa shape index (κ1) is 9.92. The summed E-state index contributed by atoms with van der Waals surface area (Å²) in [5.41, 5.74) is 5.46. The van der Waals surface area contributed by atoms with Gasteiger partial charge in [0.15, 0.2) is 0 Å². The Labute approximate surface area is 63.7 Å². The predicted octanol–water partition coefficient (Wildman–Crippen LogP) is 1.40. The van der Waals surface area contributed by atoms with Crippen LogP contribution < -0.4 is 5.73 Å². The SMILES string of the molecule is COCCCCC(C)CN. The average Bonchev–Trinajstić information content (AvgIpc) is 1.98. The van der Waals surface area contributed by atoms with E-state index in [2.05, 4.69) is 6.92 Å². The molecule has 2 N–H and O–H groups in total. The minimum atomic E-state index is 0.678. The maximum atomic E-state index is 5.46. The lowest BCUT2D eigenvalue weighted by molar-refractivity contribution is 0.190. The summed E-state index contributed by atoms with van der Waals surface area (Å²) in [5, 5.41) is 0. The number of unbranched alkanes of at least 4 members (excludes halogenated alkanes) is 1. The lowest BCUT2D eigenvalue weighted by atomic mass is 10.1. The van der Waals surface area contributed by atoms with Gasteiger partial charge in [-0.05, 0) is 25.3 Å². The van der Waals surface area contributed by atoms with Crippen LogP contribution in [0.5, 0.6) is 0 Å². The summed E-state index contributed by atoms with van der Waals surface area (Å²) in [6.07, 6.45) is 3.65. The van der Waals surface area contributed by atoms with E-state index >= 15 is 0 Å². The van der Waals surface area contributed by atoms with Crippen molar-refractivity contribution in [2.75, 3.05) is 20.3 Å². The lowest BCUT2D eigenvalue weighted by Crippen LogP contribution is -2.10. The Kier molecular flexibility index (Phi) is 6.98. The Balaban J connectivity index is 2.89. The van der Waals surface area contributed by atoms with Crippen molar-refractivity contribution in [2.45, 2.75) is 26.2 Å². The van der Waals surface area contributed by atoms with E-state index in [1.165, 1.54) is 19.3 Å². The molecule has 0 aromatic rings. The van der Waals surface area contributed by atoms with Gasteiger partial charge in [-0.3, -0.25) is 0 Å². The van der Waals surface area contributed by atoms with Crippen molar-refractivity contribution < 1.29 is 4.74 Å². The zero-order chi connectivity index (χ0) is 7.82. The number of hydrogen-bond acceptors (Lipinski definition) is 2. The Morgan fingerprint density at radius 3 is 2.60 bits per heavy atom. The van der Waals surface area contributed by atoms with Gasteiger partial charge in [0.05, 0.1) is 0 Å². The fourth-order valence-corrected chi connectivity index (χ4v) is 0.857. The highest BCUT2D eigenvalue weighted by atomic mass is 16.5. The Bertz CT molecular complexity index is 66.3. The van der Waals surface area contributed by atoms with Crippen molar-refractivity contribution in [3.63, 3.8) is 0 Å². The number of nitrogens with two attached hydrogens (primary N) is 1. The van der Waals surface area contributed by atoms with Gasteiger partial charge in [0.1, 0.15) is 0 Å². The fraction of sp³-hybridized carbons (Fsp3) is 1.00. The van der Waals surface area contributed by atoms with Crippen LogP contribution in [-0.4, -0.2) is 20.3 Å². The van der Waals surface area contributed by atoms with Crippen molar-refractivity contribution in [3.05, 3.63) is 0 Å². The van der Waals surface area contributed by atoms with E-state index in [9.17, 15) is 0 Å². The predicted molar refractivity (Wildman–Crippen MR) is 43.9 cm³/mol. The van der Waals surface area contributed by atoms with E-state index in [4.69, 9.17) is 10.5 Å². The second kappa shape index (κ2) is 7.03. The summed E-state index contributed by atoms with van der Waals surface area (Å²) in [4.78, 5) is 0. The summed E-state index contributed by atoms with van der Waals surface area (Å²) < 4.78 is 4.93. The van der Waals surface area contributed by atoms with Crippen LogP contribution in [0.2, 0.25) is 0 Å². The second-order valence-electron chi connectivity index (χ2n) is 2.83. The lowest BCUT2D eigenvalue weighted by Gasteiger charge is -2.06. The second-order valence-corrected chi connectivity index (χ2v) is 2.83. The standard InChI is InChI=1S/C8H19NO/c1-8(7-9)5-3-4-6-10-2/h8H,3-7,9H2,1-2H3. The molecule has 0 aromatic heterocycles. The van der Waals surface area contributed by atoms with Gasteiger partial charge in [-0.25, -0.2) is 0 Å². The van der Waals surface area contributed by atoms with Gasteiger partial charge >= 0.3 is 0 Å². The monoisotopic (exact) mass is 145 g/mol. The normalized spacial score (nSPS) is 13.5. The van der Waals surface area contributed by atoms with E-state index in [-0.39, 0.29) is 0 Å². The molecule has 62 valence electrons. The Morgan fingerprint density at radius 1 is 1.40 bits per heavy atom. The van der Waals surface area contributed by atoms with E-state index in [1.807, 2.05) is 0 Å². The van der Waals surface area contributed by atoms with Crippen LogP contribution in [-0.2, 0) is 4.74 Å². The van der Waals surface area contributed by atoms with Crippen molar-refractivity contribution >= 4 is 0 Å². The summed E-state index contributed by atoms with van der Waals surface area (Å²) in [7, 11) is 1.74. The third kappa shape index (κ3) is 6.05. The molecule has 0 fully saturated rings. The van der Waals surface area contributed by atoms with Crippen molar-refractivity contribution in [3.8, 4) is 0 Å². The summed E-state index contributed by atoms with van der Waals surface area (Å²) in [5.74, 6) is 0.678. The van der Waals surface area contributed by atoms with Gasteiger partial charge in [-0.15, -0.1) is 0 Å². The van der Waals surface area contributed by atoms with Crippen LogP contribution >= 0.6 is 0 Å². The van der Waals surface area contributed by atoms with Crippen LogP contribution in [0.1, 0.15) is 26.2 Å². The molecule has 0 heterocycles. The first-order chi connectivity index (χ1) is 4.81. The zero-order valence-corrected chi connectivity index (χ0v) is 7.10. The molecule has 0 rings (SSSR count). The van der Waals surface area contributed by atoms with Gasteiger partial charge < -0.3 is 10.5 Å². The molecule has 0 amide bonds. The third-order valence-corrected chi connectivity index (χ3v) is 1.70. The highest BCUT2D eigenvalue weighted by molar-refractivity contribution is 4.52. The molecule has 1 atom stereocenters. The quantitative estimate of drug-likeness (QED) is 0.573. The van der Waals surface area contributed by atoms with Gasteiger partial charge in [0.2, 0.25) is 0 Å². The fourth-order valence-electron chi connectivity index (χ4n) is 0.857. The van der Waals surface area contributed by atoms with Gasteiger partial charge in [0, 0.05) is 13.7 Å². The minimum absolute atomic E-state index is 0.678. The van der Waals surface area contributed by atoms with E-state index in [0.29, 0.717) is 5.92 Å². The number of rotatable bonds is 6. The summed E-state index contributed by atoms with van der Waals surface area (Å²) in [6, 6.07) is 0. The van der Waals surface area contributed by atoms with E-state index < -0.39 is 0 Å². The number of hydrogen-bond donors (Lipinski definition) is 1. The molecule has 2 heteroatoms. The van der Waals surface area contributed by atoms with Crippen LogP contribution in [0.15, 0.2) is 0 Å². The molecule has 2 nitrogen and oxygen atoms in total. The highest BCUT2D eigenvalue weighted by Crippen LogP contribution is 2.05. The molecule has 0 spiro atoms. The van der Waals surface area contributed by atoms with Crippen LogP contribution in [0.3, 0.4) is 0 Å². The molecule has 10 heavy (non-hydrogen) atoms. The zero-order valence-electron chi connectivity index (χ0n) is 7.10. The van der Waals surface area contributed by atoms with Crippen molar-refractivity contribution in [1.82, 2.24) is 0 Å². The van der Waals surface area contributed by atoms with Gasteiger partial charge in [-0.1, -0.05) is 13.3 Å². The smallest absolute Gasteiger partial charge is 0.0462 e. The molecule has 0 aromatic carbocycles. The molecule has 0 aliphatic heterocycles. The average molecular weight is 145 g/mol. The molecule has 0 saturated heterocycles. The Morgan fingerprint density at radius 2 is 2.10 bits per heavy atom. The Hall–Kier alpha value is -0.0800. The van der Waals surface area contributed by atoms with Gasteiger partial charge in [0.25, 0.3) is 0 Å². The van der Waals surface area contributed by atoms with Gasteiger partial charge in [-0.2, -0.15) is 0 Å².